The van der Waals surface area contributed by atoms with Gasteiger partial charge in [-0.05, 0) is 12.1 Å². The maximum Gasteiger partial charge on any atom is 2.00 e. The number of hydrogen-bond donors (Lipinski definition) is 3. The summed E-state index contributed by atoms with van der Waals surface area (Å²) in [5, 5.41) is 5.52. The van der Waals surface area contributed by atoms with E-state index in [9.17, 15) is 14.4 Å². The molecule has 0 bridgehead atoms. The van der Waals surface area contributed by atoms with E-state index < -0.39 is 0 Å². The molecule has 3 aromatic heterocycles. The number of fused-ring (bicyclic) bond motifs is 1. The van der Waals surface area contributed by atoms with Gasteiger partial charge in [0.05, 0.1) is 28.9 Å². The van der Waals surface area contributed by atoms with Crippen LogP contribution >= 0.6 is 0 Å². The molecule has 0 aliphatic rings. The molecule has 10 heteroatoms. The summed E-state index contributed by atoms with van der Waals surface area (Å²) in [5.74, 6) is 0.106. The predicted molar refractivity (Wildman–Crippen MR) is 113 cm³/mol. The van der Waals surface area contributed by atoms with Gasteiger partial charge in [-0.15, -0.1) is 11.6 Å². The molecule has 3 heterocycles. The van der Waals surface area contributed by atoms with Gasteiger partial charge in [-0.25, -0.2) is 4.98 Å². The van der Waals surface area contributed by atoms with Gasteiger partial charge in [-0.3, -0.25) is 9.59 Å². The number of rotatable bonds is 5. The number of nitrogens with one attached hydrogen (secondary N) is 3. The first-order valence-corrected chi connectivity index (χ1v) is 9.14. The summed E-state index contributed by atoms with van der Waals surface area (Å²) in [5.41, 5.74) is 4.23. The van der Waals surface area contributed by atoms with Crippen molar-refractivity contribution in [2.75, 3.05) is 10.6 Å². The number of carbonyl (C=O) groups is 2. The summed E-state index contributed by atoms with van der Waals surface area (Å²) in [6, 6.07) is 8.52. The first-order valence-electron chi connectivity index (χ1n) is 9.14. The Hall–Kier alpha value is -3.45. The van der Waals surface area contributed by atoms with Crippen LogP contribution in [0.15, 0.2) is 42.7 Å². The second-order valence-corrected chi connectivity index (χ2v) is 7.00. The molecule has 0 saturated heterocycles. The van der Waals surface area contributed by atoms with Crippen molar-refractivity contribution < 1.29 is 35.4 Å². The van der Waals surface area contributed by atoms with E-state index in [1.807, 2.05) is 17.9 Å². The molecule has 0 aliphatic heterocycles. The van der Waals surface area contributed by atoms with Crippen LogP contribution in [0.4, 0.5) is 11.4 Å². The van der Waals surface area contributed by atoms with E-state index in [0.717, 1.165) is 16.7 Å². The first kappa shape index (κ1) is 22.2. The zero-order chi connectivity index (χ0) is 21.4. The molecule has 156 valence electrons. The summed E-state index contributed by atoms with van der Waals surface area (Å²) >= 11 is 0. The van der Waals surface area contributed by atoms with Crippen molar-refractivity contribution >= 4 is 40.5 Å². The minimum absolute atomic E-state index is 0. The average molecular weight is 587 g/mol. The number of nitrogens with zero attached hydrogens (tertiary/aromatic N) is 3. The molecule has 9 nitrogen and oxygen atoms in total. The quantitative estimate of drug-likeness (QED) is 0.312. The van der Waals surface area contributed by atoms with Crippen molar-refractivity contribution in [3.05, 3.63) is 54.0 Å². The number of benzene rings is 1. The molecule has 0 unspecified atom stereocenters. The van der Waals surface area contributed by atoms with E-state index in [-0.39, 0.29) is 32.9 Å². The number of carbonyl (C=O) groups excluding carboxylic acids is 3. The van der Waals surface area contributed by atoms with Gasteiger partial charge in [0.25, 0.3) is 5.91 Å². The van der Waals surface area contributed by atoms with Gasteiger partial charge in [0.15, 0.2) is 5.82 Å². The Balaban J connectivity index is 0.00000272. The molecular weight excluding hydrogens is 568 g/mol. The second-order valence-electron chi connectivity index (χ2n) is 7.00. The molecule has 0 atom stereocenters. The summed E-state index contributed by atoms with van der Waals surface area (Å²) in [6.45, 7) is 1.41. The van der Waals surface area contributed by atoms with Crippen molar-refractivity contribution in [1.82, 2.24) is 19.1 Å². The van der Waals surface area contributed by atoms with Crippen LogP contribution in [0.2, 0.25) is 0 Å². The maximum absolute atomic E-state index is 12.7. The second kappa shape index (κ2) is 8.73. The van der Waals surface area contributed by atoms with E-state index in [1.165, 1.54) is 6.92 Å². The van der Waals surface area contributed by atoms with Crippen LogP contribution in [0.3, 0.4) is 0 Å². The Bertz CT molecular complexity index is 1300. The van der Waals surface area contributed by atoms with Crippen LogP contribution in [-0.2, 0) is 44.7 Å². The van der Waals surface area contributed by atoms with Crippen molar-refractivity contribution in [1.29, 1.82) is 0 Å². The fraction of sp³-hybridized carbons (Fsp3) is 0.143. The molecule has 0 radical (unpaired) electrons. The van der Waals surface area contributed by atoms with Crippen molar-refractivity contribution in [3.8, 4) is 11.5 Å². The molecule has 2 amide bonds. The van der Waals surface area contributed by atoms with E-state index in [2.05, 4.69) is 20.6 Å². The average Bonchev–Trinajstić information content (AvgIpc) is 3.36. The number of aromatic amines is 1. The summed E-state index contributed by atoms with van der Waals surface area (Å²) in [7, 11) is 3.58. The van der Waals surface area contributed by atoms with Gasteiger partial charge in [-0.2, -0.15) is 6.07 Å². The Kier molecular flexibility index (Phi) is 6.26. The molecule has 0 fully saturated rings. The normalized spacial score (nSPS) is 10.5. The van der Waals surface area contributed by atoms with E-state index in [4.69, 9.17) is 0 Å². The molecule has 0 saturated carbocycles. The van der Waals surface area contributed by atoms with Gasteiger partial charge in [0, 0.05) is 38.9 Å². The Labute approximate surface area is 192 Å². The SMILES string of the molecule is CC(=O)Nc1cc(C(=O)Nc2cc(-c3nc4ccc([C-]=O)cc4[nH]3)n(C)c2)n(C)c1.[W+2]. The third-order valence-electron chi connectivity index (χ3n) is 4.66. The van der Waals surface area contributed by atoms with Crippen LogP contribution < -0.4 is 10.6 Å². The van der Waals surface area contributed by atoms with Crippen LogP contribution in [0.25, 0.3) is 22.6 Å². The fourth-order valence-electron chi connectivity index (χ4n) is 3.32. The van der Waals surface area contributed by atoms with Gasteiger partial charge >= 0.3 is 21.1 Å². The number of hydrogen-bond acceptors (Lipinski definition) is 4. The standard InChI is InChI=1S/C21H19N6O3.W/c1-12(29)22-14-8-19(27(3)9-14)21(30)23-15-7-18(26(2)10-15)20-24-16-5-4-13(11-28)6-17(16)25-20;/h4-10H,1-3H3,(H,22,29)(H,23,30)(H,24,25);/q-1;+2. The van der Waals surface area contributed by atoms with Crippen molar-refractivity contribution in [2.24, 2.45) is 14.1 Å². The third kappa shape index (κ3) is 4.51. The molecule has 31 heavy (non-hydrogen) atoms. The number of amides is 2. The predicted octanol–water partition coefficient (Wildman–Crippen LogP) is 2.57. The van der Waals surface area contributed by atoms with E-state index >= 15 is 0 Å². The number of anilines is 2. The Morgan fingerprint density at radius 1 is 1.03 bits per heavy atom. The third-order valence-corrected chi connectivity index (χ3v) is 4.66. The minimum Gasteiger partial charge on any atom is -0.376 e. The van der Waals surface area contributed by atoms with Crippen molar-refractivity contribution in [2.45, 2.75) is 6.92 Å². The van der Waals surface area contributed by atoms with Gasteiger partial charge < -0.3 is 29.5 Å². The Morgan fingerprint density at radius 2 is 1.74 bits per heavy atom. The van der Waals surface area contributed by atoms with Crippen molar-refractivity contribution in [3.63, 3.8) is 0 Å². The smallest absolute Gasteiger partial charge is 0.376 e. The summed E-state index contributed by atoms with van der Waals surface area (Å²) in [6.07, 6.45) is 5.31. The van der Waals surface area contributed by atoms with Crippen LogP contribution in [0.5, 0.6) is 0 Å². The zero-order valence-corrected chi connectivity index (χ0v) is 19.9. The monoisotopic (exact) mass is 587 g/mol. The molecule has 1 aromatic carbocycles. The van der Waals surface area contributed by atoms with E-state index in [0.29, 0.717) is 28.5 Å². The Morgan fingerprint density at radius 3 is 2.45 bits per heavy atom. The largest absolute Gasteiger partial charge is 2.00 e. The number of aryl methyl sites for hydroxylation is 2. The molecule has 3 N–H and O–H groups in total. The molecule has 4 aromatic rings. The van der Waals surface area contributed by atoms with Crippen LogP contribution in [0.1, 0.15) is 23.0 Å². The van der Waals surface area contributed by atoms with Crippen LogP contribution in [0, 0.1) is 0 Å². The molecular formula is C21H19N6O3W+. The minimum atomic E-state index is -0.304. The van der Waals surface area contributed by atoms with Gasteiger partial charge in [0.1, 0.15) is 5.69 Å². The maximum atomic E-state index is 12.7. The number of aromatic nitrogens is 4. The molecule has 0 spiro atoms. The fourth-order valence-corrected chi connectivity index (χ4v) is 3.32. The van der Waals surface area contributed by atoms with Gasteiger partial charge in [0.2, 0.25) is 5.91 Å². The van der Waals surface area contributed by atoms with Crippen LogP contribution in [-0.4, -0.2) is 37.2 Å². The zero-order valence-electron chi connectivity index (χ0n) is 17.0. The number of imidazole rings is 1. The summed E-state index contributed by atoms with van der Waals surface area (Å²) < 4.78 is 3.49. The van der Waals surface area contributed by atoms with E-state index in [1.54, 1.807) is 54.3 Å². The number of H-pyrrole nitrogens is 1. The first-order chi connectivity index (χ1) is 14.3. The topological polar surface area (TPSA) is 114 Å². The summed E-state index contributed by atoms with van der Waals surface area (Å²) in [4.78, 5) is 42.5. The molecule has 0 aliphatic carbocycles. The van der Waals surface area contributed by atoms with Gasteiger partial charge in [-0.1, -0.05) is 6.07 Å². The molecule has 4 rings (SSSR count).